The number of amidine groups is 1. The molecule has 11 nitrogen and oxygen atoms in total. The molecular weight excluding hydrogens is 737 g/mol. The summed E-state index contributed by atoms with van der Waals surface area (Å²) in [5.74, 6) is 0.569. The van der Waals surface area contributed by atoms with E-state index in [1.54, 1.807) is 59.9 Å². The number of hydrogen-bond donors (Lipinski definition) is 4. The van der Waals surface area contributed by atoms with Crippen LogP contribution < -0.4 is 21.3 Å². The Bertz CT molecular complexity index is 2110. The summed E-state index contributed by atoms with van der Waals surface area (Å²) in [5.41, 5.74) is 5.21. The Morgan fingerprint density at radius 3 is 2.10 bits per heavy atom. The van der Waals surface area contributed by atoms with Crippen LogP contribution in [-0.4, -0.2) is 64.7 Å². The van der Waals surface area contributed by atoms with Crippen LogP contribution in [0.5, 0.6) is 0 Å². The summed E-state index contributed by atoms with van der Waals surface area (Å²) in [5, 5.41) is 13.4. The molecule has 0 saturated heterocycles. The van der Waals surface area contributed by atoms with E-state index in [1.165, 1.54) is 70.0 Å². The second-order valence-corrected chi connectivity index (χ2v) is 14.9. The summed E-state index contributed by atoms with van der Waals surface area (Å²) in [7, 11) is 5.45. The monoisotopic (exact) mass is 801 g/mol. The van der Waals surface area contributed by atoms with Gasteiger partial charge >= 0.3 is 0 Å². The number of anilines is 2. The fourth-order valence-electron chi connectivity index (χ4n) is 6.50. The van der Waals surface area contributed by atoms with Gasteiger partial charge in [0.2, 0.25) is 0 Å². The lowest BCUT2D eigenvalue weighted by Gasteiger charge is -2.10. The highest BCUT2D eigenvalue weighted by Crippen LogP contribution is 2.19. The van der Waals surface area contributed by atoms with E-state index < -0.39 is 0 Å². The van der Waals surface area contributed by atoms with Crippen LogP contribution in [0.2, 0.25) is 0 Å². The number of nitrogens with zero attached hydrogens (tertiary/aromatic N) is 4. The summed E-state index contributed by atoms with van der Waals surface area (Å²) in [6.45, 7) is 7.62. The molecule has 0 spiro atoms. The average molecular weight is 801 g/mol. The molecule has 0 atom stereocenters. The molecular formula is C48H64N8O3. The Hall–Kier alpha value is -5.81. The maximum Gasteiger partial charge on any atom is 0.272 e. The number of aldehydes is 1. The quantitative estimate of drug-likeness (QED) is 0.0238. The van der Waals surface area contributed by atoms with Crippen LogP contribution >= 0.6 is 0 Å². The molecule has 5 rings (SSSR count). The first-order valence-corrected chi connectivity index (χ1v) is 21.2. The fourth-order valence-corrected chi connectivity index (χ4v) is 6.50. The van der Waals surface area contributed by atoms with Crippen molar-refractivity contribution in [2.45, 2.75) is 84.5 Å². The van der Waals surface area contributed by atoms with Crippen molar-refractivity contribution < 1.29 is 14.4 Å². The number of hydrogen-bond acceptors (Lipinski definition) is 6. The lowest BCUT2D eigenvalue weighted by molar-refractivity contribution is 0.101. The maximum atomic E-state index is 12.8. The Kier molecular flexibility index (Phi) is 19.9. The van der Waals surface area contributed by atoms with Gasteiger partial charge in [0.05, 0.1) is 28.4 Å². The normalized spacial score (nSPS) is 11.4. The van der Waals surface area contributed by atoms with Crippen LogP contribution in [0.4, 0.5) is 11.4 Å². The summed E-state index contributed by atoms with van der Waals surface area (Å²) < 4.78 is 3.25. The first kappa shape index (κ1) is 45.9. The molecule has 3 heterocycles. The highest BCUT2D eigenvalue weighted by Gasteiger charge is 2.15. The van der Waals surface area contributed by atoms with E-state index in [0.29, 0.717) is 28.3 Å². The molecule has 59 heavy (non-hydrogen) atoms. The molecule has 0 radical (unpaired) electrons. The van der Waals surface area contributed by atoms with Crippen molar-refractivity contribution in [3.8, 4) is 0 Å². The minimum absolute atomic E-state index is 0.282. The number of aliphatic imine (C=N–C) groups is 1. The van der Waals surface area contributed by atoms with Crippen LogP contribution in [0.15, 0.2) is 90.3 Å². The second kappa shape index (κ2) is 25.5. The molecule has 5 aromatic rings. The van der Waals surface area contributed by atoms with Crippen molar-refractivity contribution >= 4 is 58.4 Å². The summed E-state index contributed by atoms with van der Waals surface area (Å²) in [6.07, 6.45) is 24.2. The number of aryl methyl sites for hydroxylation is 2. The predicted octanol–water partition coefficient (Wildman–Crippen LogP) is 9.92. The molecule has 2 amide bonds. The number of fused-ring (bicyclic) bond motifs is 1. The molecule has 0 aliphatic carbocycles. The van der Waals surface area contributed by atoms with Crippen molar-refractivity contribution in [1.29, 1.82) is 0 Å². The zero-order chi connectivity index (χ0) is 42.2. The number of rotatable bonds is 22. The average Bonchev–Trinajstić information content (AvgIpc) is 3.81. The number of pyridine rings is 1. The number of amides is 2. The number of carbonyl (C=O) groups excluding carboxylic acids is 3. The van der Waals surface area contributed by atoms with Crippen LogP contribution in [0, 0.1) is 0 Å². The molecule has 2 aromatic carbocycles. The molecule has 314 valence electrons. The Morgan fingerprint density at radius 2 is 1.39 bits per heavy atom. The van der Waals surface area contributed by atoms with Gasteiger partial charge in [0.25, 0.3) is 11.8 Å². The smallest absolute Gasteiger partial charge is 0.272 e. The van der Waals surface area contributed by atoms with Crippen molar-refractivity contribution in [1.82, 2.24) is 24.8 Å². The third kappa shape index (κ3) is 15.8. The minimum Gasteiger partial charge on any atom is -0.374 e. The van der Waals surface area contributed by atoms with E-state index in [-0.39, 0.29) is 11.8 Å². The van der Waals surface area contributed by atoms with Gasteiger partial charge in [0, 0.05) is 69.7 Å². The van der Waals surface area contributed by atoms with E-state index in [1.807, 2.05) is 61.8 Å². The van der Waals surface area contributed by atoms with Crippen molar-refractivity contribution in [3.63, 3.8) is 0 Å². The van der Waals surface area contributed by atoms with E-state index in [2.05, 4.69) is 46.2 Å². The van der Waals surface area contributed by atoms with Crippen LogP contribution in [0.25, 0.3) is 23.1 Å². The third-order valence-electron chi connectivity index (χ3n) is 9.96. The number of unbranched alkanes of at least 4 members (excludes halogenated alkanes) is 8. The zero-order valence-electron chi connectivity index (χ0n) is 35.7. The summed E-state index contributed by atoms with van der Waals surface area (Å²) >= 11 is 0. The molecule has 11 heteroatoms. The van der Waals surface area contributed by atoms with Crippen LogP contribution in [-0.2, 0) is 14.1 Å². The lowest BCUT2D eigenvalue weighted by atomic mass is 10.1. The highest BCUT2D eigenvalue weighted by molar-refractivity contribution is 6.07. The topological polar surface area (TPSA) is 134 Å². The Morgan fingerprint density at radius 1 is 0.729 bits per heavy atom. The molecule has 4 N–H and O–H groups in total. The first-order valence-electron chi connectivity index (χ1n) is 21.2. The molecule has 0 unspecified atom stereocenters. The fraction of sp³-hybridized carbons (Fsp3) is 0.396. The zero-order valence-corrected chi connectivity index (χ0v) is 35.7. The van der Waals surface area contributed by atoms with Crippen LogP contribution in [0.1, 0.15) is 127 Å². The van der Waals surface area contributed by atoms with Gasteiger partial charge in [0.15, 0.2) is 6.29 Å². The van der Waals surface area contributed by atoms with Gasteiger partial charge in [0.1, 0.15) is 5.69 Å². The lowest BCUT2D eigenvalue weighted by Crippen LogP contribution is -2.28. The van der Waals surface area contributed by atoms with Crippen molar-refractivity contribution in [2.75, 3.05) is 37.3 Å². The largest absolute Gasteiger partial charge is 0.374 e. The number of carbonyl (C=O) groups is 3. The van der Waals surface area contributed by atoms with Gasteiger partial charge in [-0.3, -0.25) is 24.4 Å². The van der Waals surface area contributed by atoms with E-state index in [4.69, 9.17) is 4.99 Å². The molecule has 0 saturated carbocycles. The number of nitrogens with one attached hydrogen (secondary N) is 4. The van der Waals surface area contributed by atoms with Gasteiger partial charge in [-0.25, -0.2) is 0 Å². The second-order valence-electron chi connectivity index (χ2n) is 14.9. The minimum atomic E-state index is -0.353. The van der Waals surface area contributed by atoms with Crippen molar-refractivity contribution in [3.05, 3.63) is 113 Å². The Labute approximate surface area is 350 Å². The molecule has 0 fully saturated rings. The third-order valence-corrected chi connectivity index (χ3v) is 9.96. The molecule has 0 aliphatic rings. The SMILES string of the molecule is CCCCCCCN=C(CCNC)NCCCCCCC.Cn1cc(NC(=O)c2cc(NC(=O)c3ccc(/C=C/c4cnc5ccccc5c4)cc3)cn2C)cc1C=O. The standard InChI is InChI=1S/C30H25N5O3.C18H39N3/c1-34-17-24(14-26(34)19-36)33-30(38)28-15-25(18-35(28)2)32-29(37)22-11-9-20(10-12-22)7-8-21-13-23-5-3-4-6-27(23)31-16-21;1-4-6-8-10-12-15-20-18(14-17-19-3)21-16-13-11-9-7-5-2/h3-19H,1-2H3,(H,32,37)(H,33,38);19H,4-17H2,1-3H3,(H,20,21)/b8-7+;. The van der Waals surface area contributed by atoms with E-state index in [0.717, 1.165) is 54.4 Å². The molecule has 0 bridgehead atoms. The van der Waals surface area contributed by atoms with Gasteiger partial charge < -0.3 is 30.4 Å². The summed E-state index contributed by atoms with van der Waals surface area (Å²) in [6, 6.07) is 20.5. The van der Waals surface area contributed by atoms with Crippen molar-refractivity contribution in [2.24, 2.45) is 19.1 Å². The van der Waals surface area contributed by atoms with Gasteiger partial charge in [-0.15, -0.1) is 0 Å². The van der Waals surface area contributed by atoms with E-state index >= 15 is 0 Å². The van der Waals surface area contributed by atoms with Crippen LogP contribution in [0.3, 0.4) is 0 Å². The number of aromatic nitrogens is 3. The predicted molar refractivity (Wildman–Crippen MR) is 246 cm³/mol. The molecule has 0 aliphatic heterocycles. The Balaban J connectivity index is 0.000000313. The number of benzene rings is 2. The number of para-hydroxylation sites is 1. The highest BCUT2D eigenvalue weighted by atomic mass is 16.2. The first-order chi connectivity index (χ1) is 28.7. The van der Waals surface area contributed by atoms with E-state index in [9.17, 15) is 14.4 Å². The van der Waals surface area contributed by atoms with Gasteiger partial charge in [-0.05, 0) is 67.4 Å². The molecule has 3 aromatic heterocycles. The summed E-state index contributed by atoms with van der Waals surface area (Å²) in [4.78, 5) is 45.8. The van der Waals surface area contributed by atoms with Gasteiger partial charge in [-0.1, -0.05) is 108 Å². The van der Waals surface area contributed by atoms with Gasteiger partial charge in [-0.2, -0.15) is 0 Å². The maximum absolute atomic E-state index is 12.8.